The number of carbonyl (C=O) groups excluding carboxylic acids is 3. The average Bonchev–Trinajstić information content (AvgIpc) is 2.39. The predicted molar refractivity (Wildman–Crippen MR) is 65.0 cm³/mol. The molecule has 5 nitrogen and oxygen atoms in total. The maximum atomic E-state index is 11.7. The van der Waals surface area contributed by atoms with Gasteiger partial charge >= 0.3 is 5.97 Å². The molecule has 0 bridgehead atoms. The number of nitrogens with one attached hydrogen (secondary N) is 1. The van der Waals surface area contributed by atoms with Crippen LogP contribution in [0.4, 0.5) is 0 Å². The normalized spacial score (nSPS) is 11.4. The fourth-order valence-corrected chi connectivity index (χ4v) is 1.42. The molecule has 5 heteroatoms. The summed E-state index contributed by atoms with van der Waals surface area (Å²) in [5.41, 5.74) is 0.477. The van der Waals surface area contributed by atoms with Crippen LogP contribution in [0.5, 0.6) is 0 Å². The van der Waals surface area contributed by atoms with Crippen molar-refractivity contribution in [2.24, 2.45) is 5.92 Å². The lowest BCUT2D eigenvalue weighted by Gasteiger charge is -2.12. The molecule has 1 amide bonds. The van der Waals surface area contributed by atoms with Crippen molar-refractivity contribution in [2.75, 3.05) is 13.7 Å². The highest BCUT2D eigenvalue weighted by Gasteiger charge is 2.24. The van der Waals surface area contributed by atoms with Crippen molar-refractivity contribution >= 4 is 17.7 Å². The number of ketones is 1. The summed E-state index contributed by atoms with van der Waals surface area (Å²) in [6.07, 6.45) is 0. The van der Waals surface area contributed by atoms with Gasteiger partial charge in [0.15, 0.2) is 0 Å². The van der Waals surface area contributed by atoms with Crippen molar-refractivity contribution in [2.45, 2.75) is 6.92 Å². The fourth-order valence-electron chi connectivity index (χ4n) is 1.42. The van der Waals surface area contributed by atoms with E-state index >= 15 is 0 Å². The molecule has 0 fully saturated rings. The lowest BCUT2D eigenvalue weighted by Crippen LogP contribution is -2.37. The molecular weight excluding hydrogens is 234 g/mol. The Bertz CT molecular complexity index is 442. The Hall–Kier alpha value is -2.17. The molecule has 0 aliphatic carbocycles. The molecule has 0 aliphatic heterocycles. The van der Waals surface area contributed by atoms with E-state index in [2.05, 4.69) is 10.1 Å². The lowest BCUT2D eigenvalue weighted by molar-refractivity contribution is -0.148. The maximum Gasteiger partial charge on any atom is 0.318 e. The second-order valence-electron chi connectivity index (χ2n) is 3.76. The SMILES string of the molecule is COC(=O)C(CNC(=O)c1ccccc1)C(C)=O. The quantitative estimate of drug-likeness (QED) is 0.618. The highest BCUT2D eigenvalue weighted by atomic mass is 16.5. The molecule has 0 saturated carbocycles. The molecule has 96 valence electrons. The Morgan fingerprint density at radius 1 is 1.22 bits per heavy atom. The molecule has 0 aliphatic rings. The van der Waals surface area contributed by atoms with E-state index in [9.17, 15) is 14.4 Å². The van der Waals surface area contributed by atoms with Gasteiger partial charge in [0.2, 0.25) is 0 Å². The van der Waals surface area contributed by atoms with E-state index in [4.69, 9.17) is 0 Å². The van der Waals surface area contributed by atoms with Crippen molar-refractivity contribution in [3.8, 4) is 0 Å². The van der Waals surface area contributed by atoms with Gasteiger partial charge in [-0.1, -0.05) is 18.2 Å². The summed E-state index contributed by atoms with van der Waals surface area (Å²) >= 11 is 0. The van der Waals surface area contributed by atoms with Crippen molar-refractivity contribution in [3.63, 3.8) is 0 Å². The molecular formula is C13H15NO4. The van der Waals surface area contributed by atoms with Crippen LogP contribution >= 0.6 is 0 Å². The first kappa shape index (κ1) is 13.9. The van der Waals surface area contributed by atoms with Gasteiger partial charge in [0.05, 0.1) is 7.11 Å². The van der Waals surface area contributed by atoms with E-state index in [1.807, 2.05) is 0 Å². The molecule has 1 aromatic carbocycles. The predicted octanol–water partition coefficient (Wildman–Crippen LogP) is 0.795. The third-order valence-electron chi connectivity index (χ3n) is 2.48. The van der Waals surface area contributed by atoms with Gasteiger partial charge in [0.25, 0.3) is 5.91 Å². The highest BCUT2D eigenvalue weighted by molar-refractivity contribution is 5.99. The number of carbonyl (C=O) groups is 3. The molecule has 1 aromatic rings. The van der Waals surface area contributed by atoms with Crippen LogP contribution in [0.3, 0.4) is 0 Å². The standard InChI is InChI=1S/C13H15NO4/c1-9(15)11(13(17)18-2)8-14-12(16)10-6-4-3-5-7-10/h3-7,11H,8H2,1-2H3,(H,14,16). The van der Waals surface area contributed by atoms with E-state index in [1.165, 1.54) is 14.0 Å². The van der Waals surface area contributed by atoms with Gasteiger partial charge in [0.1, 0.15) is 11.7 Å². The van der Waals surface area contributed by atoms with E-state index in [0.717, 1.165) is 0 Å². The number of methoxy groups -OCH3 is 1. The van der Waals surface area contributed by atoms with Crippen LogP contribution in [0, 0.1) is 5.92 Å². The molecule has 1 N–H and O–H groups in total. The molecule has 0 heterocycles. The first-order valence-corrected chi connectivity index (χ1v) is 5.47. The van der Waals surface area contributed by atoms with Crippen LogP contribution in [-0.2, 0) is 14.3 Å². The number of Topliss-reactive ketones (excluding diaryl/α,β-unsaturated/α-hetero) is 1. The van der Waals surface area contributed by atoms with Gasteiger partial charge in [-0.05, 0) is 19.1 Å². The van der Waals surface area contributed by atoms with Crippen molar-refractivity contribution in [1.82, 2.24) is 5.32 Å². The number of amides is 1. The fraction of sp³-hybridized carbons (Fsp3) is 0.308. The largest absolute Gasteiger partial charge is 0.468 e. The zero-order valence-corrected chi connectivity index (χ0v) is 10.3. The summed E-state index contributed by atoms with van der Waals surface area (Å²) in [7, 11) is 1.21. The van der Waals surface area contributed by atoms with Crippen LogP contribution in [0.25, 0.3) is 0 Å². The minimum atomic E-state index is -0.956. The Morgan fingerprint density at radius 2 is 1.83 bits per heavy atom. The lowest BCUT2D eigenvalue weighted by atomic mass is 10.1. The Morgan fingerprint density at radius 3 is 2.33 bits per heavy atom. The molecule has 1 atom stereocenters. The van der Waals surface area contributed by atoms with E-state index in [0.29, 0.717) is 5.56 Å². The molecule has 18 heavy (non-hydrogen) atoms. The van der Waals surface area contributed by atoms with Crippen molar-refractivity contribution in [3.05, 3.63) is 35.9 Å². The van der Waals surface area contributed by atoms with Crippen LogP contribution in [0.1, 0.15) is 17.3 Å². The second-order valence-corrected chi connectivity index (χ2v) is 3.76. The second kappa shape index (κ2) is 6.54. The third kappa shape index (κ3) is 3.69. The number of hydrogen-bond acceptors (Lipinski definition) is 4. The Kier molecular flexibility index (Phi) is 5.05. The summed E-state index contributed by atoms with van der Waals surface area (Å²) < 4.78 is 4.50. The summed E-state index contributed by atoms with van der Waals surface area (Å²) in [6, 6.07) is 8.56. The van der Waals surface area contributed by atoms with Gasteiger partial charge < -0.3 is 10.1 Å². The molecule has 0 aromatic heterocycles. The van der Waals surface area contributed by atoms with Crippen LogP contribution in [-0.4, -0.2) is 31.3 Å². The summed E-state index contributed by atoms with van der Waals surface area (Å²) in [4.78, 5) is 34.3. The van der Waals surface area contributed by atoms with Crippen LogP contribution < -0.4 is 5.32 Å². The molecule has 1 unspecified atom stereocenters. The Balaban J connectivity index is 2.61. The average molecular weight is 249 g/mol. The van der Waals surface area contributed by atoms with Crippen LogP contribution in [0.15, 0.2) is 30.3 Å². The number of hydrogen-bond donors (Lipinski definition) is 1. The zero-order valence-electron chi connectivity index (χ0n) is 10.3. The number of rotatable bonds is 5. The monoisotopic (exact) mass is 249 g/mol. The first-order valence-electron chi connectivity index (χ1n) is 5.47. The minimum Gasteiger partial charge on any atom is -0.468 e. The smallest absolute Gasteiger partial charge is 0.318 e. The van der Waals surface area contributed by atoms with E-state index < -0.39 is 11.9 Å². The molecule has 0 spiro atoms. The number of esters is 1. The minimum absolute atomic E-state index is 0.0598. The Labute approximate surface area is 105 Å². The van der Waals surface area contributed by atoms with Gasteiger partial charge in [-0.3, -0.25) is 14.4 Å². The molecule has 1 rings (SSSR count). The molecule has 0 saturated heterocycles. The van der Waals surface area contributed by atoms with E-state index in [-0.39, 0.29) is 18.2 Å². The van der Waals surface area contributed by atoms with Crippen molar-refractivity contribution in [1.29, 1.82) is 0 Å². The third-order valence-corrected chi connectivity index (χ3v) is 2.48. The number of ether oxygens (including phenoxy) is 1. The highest BCUT2D eigenvalue weighted by Crippen LogP contribution is 2.02. The van der Waals surface area contributed by atoms with Crippen LogP contribution in [0.2, 0.25) is 0 Å². The topological polar surface area (TPSA) is 72.5 Å². The van der Waals surface area contributed by atoms with Crippen molar-refractivity contribution < 1.29 is 19.1 Å². The van der Waals surface area contributed by atoms with Gasteiger partial charge in [0, 0.05) is 12.1 Å². The van der Waals surface area contributed by atoms with Gasteiger partial charge in [-0.15, -0.1) is 0 Å². The number of benzene rings is 1. The van der Waals surface area contributed by atoms with Gasteiger partial charge in [-0.2, -0.15) is 0 Å². The summed E-state index contributed by atoms with van der Waals surface area (Å²) in [5.74, 6) is -2.26. The summed E-state index contributed by atoms with van der Waals surface area (Å²) in [5, 5.41) is 2.54. The zero-order chi connectivity index (χ0) is 13.5. The molecule has 0 radical (unpaired) electrons. The maximum absolute atomic E-state index is 11.7. The van der Waals surface area contributed by atoms with Gasteiger partial charge in [-0.25, -0.2) is 0 Å². The summed E-state index contributed by atoms with van der Waals surface area (Å²) in [6.45, 7) is 1.23. The first-order chi connectivity index (χ1) is 8.56. The van der Waals surface area contributed by atoms with E-state index in [1.54, 1.807) is 30.3 Å².